The minimum atomic E-state index is -0.545. The second-order valence-electron chi connectivity index (χ2n) is 3.34. The van der Waals surface area contributed by atoms with Gasteiger partial charge in [0.05, 0.1) is 6.10 Å². The molecule has 1 saturated heterocycles. The van der Waals surface area contributed by atoms with Gasteiger partial charge in [-0.25, -0.2) is 0 Å². The van der Waals surface area contributed by atoms with E-state index in [1.807, 2.05) is 0 Å². The molecule has 0 bridgehead atoms. The predicted octanol–water partition coefficient (Wildman–Crippen LogP) is -0.323. The van der Waals surface area contributed by atoms with Gasteiger partial charge in [0, 0.05) is 26.8 Å². The molecular weight excluding hydrogens is 220 g/mol. The quantitative estimate of drug-likeness (QED) is 0.689. The third-order valence-corrected chi connectivity index (χ3v) is 2.32. The first kappa shape index (κ1) is 14.6. The van der Waals surface area contributed by atoms with Gasteiger partial charge in [0.1, 0.15) is 6.10 Å². The molecule has 15 heavy (non-hydrogen) atoms. The highest BCUT2D eigenvalue weighted by Gasteiger charge is 2.19. The Balaban J connectivity index is 0.00000196. The summed E-state index contributed by atoms with van der Waals surface area (Å²) in [6, 6.07) is 0. The number of hydrogen-bond donors (Lipinski definition) is 2. The molecule has 1 fully saturated rings. The SMILES string of the molecule is COC(CN)C(=O)NCC1CCCO1.Cl. The van der Waals surface area contributed by atoms with Crippen LogP contribution in [0.4, 0.5) is 0 Å². The van der Waals surface area contributed by atoms with Crippen molar-refractivity contribution in [3.05, 3.63) is 0 Å². The molecule has 0 radical (unpaired) electrons. The van der Waals surface area contributed by atoms with Gasteiger partial charge in [-0.3, -0.25) is 4.79 Å². The molecule has 6 heteroatoms. The topological polar surface area (TPSA) is 73.6 Å². The maximum absolute atomic E-state index is 11.4. The Bertz CT molecular complexity index is 182. The highest BCUT2D eigenvalue weighted by Crippen LogP contribution is 2.10. The Morgan fingerprint density at radius 2 is 2.47 bits per heavy atom. The number of carbonyl (C=O) groups excluding carboxylic acids is 1. The number of halogens is 1. The Morgan fingerprint density at radius 3 is 2.93 bits per heavy atom. The van der Waals surface area contributed by atoms with Gasteiger partial charge >= 0.3 is 0 Å². The summed E-state index contributed by atoms with van der Waals surface area (Å²) in [5.41, 5.74) is 5.35. The molecule has 1 heterocycles. The molecule has 0 saturated carbocycles. The fourth-order valence-corrected chi connectivity index (χ4v) is 1.44. The zero-order valence-corrected chi connectivity index (χ0v) is 9.72. The van der Waals surface area contributed by atoms with Gasteiger partial charge in [-0.15, -0.1) is 12.4 Å². The van der Waals surface area contributed by atoms with E-state index in [4.69, 9.17) is 15.2 Å². The minimum Gasteiger partial charge on any atom is -0.376 e. The maximum Gasteiger partial charge on any atom is 0.250 e. The van der Waals surface area contributed by atoms with E-state index < -0.39 is 6.10 Å². The van der Waals surface area contributed by atoms with Crippen molar-refractivity contribution in [2.24, 2.45) is 5.73 Å². The average molecular weight is 239 g/mol. The molecule has 0 aromatic carbocycles. The molecule has 5 nitrogen and oxygen atoms in total. The first-order chi connectivity index (χ1) is 6.77. The van der Waals surface area contributed by atoms with Crippen molar-refractivity contribution in [2.45, 2.75) is 25.0 Å². The van der Waals surface area contributed by atoms with Crippen LogP contribution in [-0.2, 0) is 14.3 Å². The number of hydrogen-bond acceptors (Lipinski definition) is 4. The van der Waals surface area contributed by atoms with E-state index in [0.717, 1.165) is 19.4 Å². The lowest BCUT2D eigenvalue weighted by atomic mass is 10.2. The van der Waals surface area contributed by atoms with Crippen LogP contribution in [-0.4, -0.2) is 44.9 Å². The number of nitrogens with two attached hydrogens (primary N) is 1. The predicted molar refractivity (Wildman–Crippen MR) is 59.1 cm³/mol. The van der Waals surface area contributed by atoms with Crippen molar-refractivity contribution in [1.29, 1.82) is 0 Å². The fourth-order valence-electron chi connectivity index (χ4n) is 1.44. The standard InChI is InChI=1S/C9H18N2O3.ClH/c1-13-8(5-10)9(12)11-6-7-3-2-4-14-7;/h7-8H,2-6,10H2,1H3,(H,11,12);1H. The normalized spacial score (nSPS) is 21.9. The number of rotatable bonds is 5. The van der Waals surface area contributed by atoms with Crippen LogP contribution in [0.1, 0.15) is 12.8 Å². The molecule has 2 atom stereocenters. The van der Waals surface area contributed by atoms with Crippen LogP contribution in [0, 0.1) is 0 Å². The lowest BCUT2D eigenvalue weighted by Crippen LogP contribution is -2.43. The van der Waals surface area contributed by atoms with Crippen molar-refractivity contribution < 1.29 is 14.3 Å². The van der Waals surface area contributed by atoms with Gasteiger partial charge in [-0.05, 0) is 12.8 Å². The third kappa shape index (κ3) is 4.79. The van der Waals surface area contributed by atoms with Crippen LogP contribution in [0.3, 0.4) is 0 Å². The van der Waals surface area contributed by atoms with Crippen LogP contribution in [0.2, 0.25) is 0 Å². The van der Waals surface area contributed by atoms with E-state index in [0.29, 0.717) is 6.54 Å². The molecular formula is C9H19ClN2O3. The van der Waals surface area contributed by atoms with E-state index in [1.54, 1.807) is 0 Å². The van der Waals surface area contributed by atoms with E-state index in [2.05, 4.69) is 5.32 Å². The van der Waals surface area contributed by atoms with Crippen LogP contribution in [0.25, 0.3) is 0 Å². The number of methoxy groups -OCH3 is 1. The first-order valence-electron chi connectivity index (χ1n) is 4.90. The number of nitrogens with one attached hydrogen (secondary N) is 1. The summed E-state index contributed by atoms with van der Waals surface area (Å²) >= 11 is 0. The highest BCUT2D eigenvalue weighted by molar-refractivity contribution is 5.85. The minimum absolute atomic E-state index is 0. The van der Waals surface area contributed by atoms with Gasteiger partial charge in [0.25, 0.3) is 5.91 Å². The van der Waals surface area contributed by atoms with E-state index in [9.17, 15) is 4.79 Å². The van der Waals surface area contributed by atoms with Crippen LogP contribution in [0.5, 0.6) is 0 Å². The smallest absolute Gasteiger partial charge is 0.250 e. The summed E-state index contributed by atoms with van der Waals surface area (Å²) in [6.45, 7) is 1.55. The lowest BCUT2D eigenvalue weighted by Gasteiger charge is -2.15. The molecule has 1 amide bonds. The van der Waals surface area contributed by atoms with Gasteiger partial charge in [0.15, 0.2) is 0 Å². The van der Waals surface area contributed by atoms with Gasteiger partial charge in [-0.1, -0.05) is 0 Å². The summed E-state index contributed by atoms with van der Waals surface area (Å²) in [4.78, 5) is 11.4. The zero-order chi connectivity index (χ0) is 10.4. The largest absolute Gasteiger partial charge is 0.376 e. The molecule has 0 aliphatic carbocycles. The van der Waals surface area contributed by atoms with Crippen LogP contribution < -0.4 is 11.1 Å². The molecule has 3 N–H and O–H groups in total. The van der Waals surface area contributed by atoms with Crippen molar-refractivity contribution in [2.75, 3.05) is 26.8 Å². The van der Waals surface area contributed by atoms with E-state index >= 15 is 0 Å². The maximum atomic E-state index is 11.4. The molecule has 1 aliphatic rings. The summed E-state index contributed by atoms with van der Waals surface area (Å²) in [5.74, 6) is -0.162. The first-order valence-corrected chi connectivity index (χ1v) is 4.90. The van der Waals surface area contributed by atoms with Gasteiger partial charge in [0.2, 0.25) is 0 Å². The molecule has 0 aromatic heterocycles. The van der Waals surface area contributed by atoms with Crippen molar-refractivity contribution in [3.63, 3.8) is 0 Å². The number of amides is 1. The highest BCUT2D eigenvalue weighted by atomic mass is 35.5. The summed E-state index contributed by atoms with van der Waals surface area (Å²) in [5, 5.41) is 2.76. The van der Waals surface area contributed by atoms with Crippen LogP contribution in [0.15, 0.2) is 0 Å². The third-order valence-electron chi connectivity index (χ3n) is 2.32. The molecule has 0 spiro atoms. The van der Waals surface area contributed by atoms with Crippen LogP contribution >= 0.6 is 12.4 Å². The second-order valence-corrected chi connectivity index (χ2v) is 3.34. The second kappa shape index (κ2) is 7.87. The monoisotopic (exact) mass is 238 g/mol. The van der Waals surface area contributed by atoms with Gasteiger partial charge < -0.3 is 20.5 Å². The Labute approximate surface area is 96.1 Å². The summed E-state index contributed by atoms with van der Waals surface area (Å²) in [7, 11) is 1.48. The molecule has 0 aromatic rings. The van der Waals surface area contributed by atoms with Gasteiger partial charge in [-0.2, -0.15) is 0 Å². The summed E-state index contributed by atoms with van der Waals surface area (Å²) < 4.78 is 10.3. The lowest BCUT2D eigenvalue weighted by molar-refractivity contribution is -0.130. The van der Waals surface area contributed by atoms with E-state index in [1.165, 1.54) is 7.11 Å². The zero-order valence-electron chi connectivity index (χ0n) is 8.90. The number of carbonyl (C=O) groups is 1. The average Bonchev–Trinajstić information content (AvgIpc) is 2.69. The number of ether oxygens (including phenoxy) is 2. The van der Waals surface area contributed by atoms with Crippen molar-refractivity contribution >= 4 is 18.3 Å². The van der Waals surface area contributed by atoms with E-state index in [-0.39, 0.29) is 31.0 Å². The fraction of sp³-hybridized carbons (Fsp3) is 0.889. The molecule has 2 unspecified atom stereocenters. The Kier molecular flexibility index (Phi) is 7.68. The Hall–Kier alpha value is -0.360. The van der Waals surface area contributed by atoms with Crippen molar-refractivity contribution in [1.82, 2.24) is 5.32 Å². The Morgan fingerprint density at radius 1 is 1.73 bits per heavy atom. The summed E-state index contributed by atoms with van der Waals surface area (Å²) in [6.07, 6.45) is 1.71. The molecule has 90 valence electrons. The molecule has 1 rings (SSSR count). The van der Waals surface area contributed by atoms with Crippen molar-refractivity contribution in [3.8, 4) is 0 Å². The molecule has 1 aliphatic heterocycles.